The number of carbonyl (C=O) groups excluding carboxylic acids is 3. The van der Waals surface area contributed by atoms with Gasteiger partial charge in [0.05, 0.1) is 6.54 Å². The monoisotopic (exact) mass is 355 g/mol. The summed E-state index contributed by atoms with van der Waals surface area (Å²) in [5.41, 5.74) is 1.42. The number of ether oxygens (including phenoxy) is 1. The van der Waals surface area contributed by atoms with Crippen LogP contribution in [0.5, 0.6) is 0 Å². The van der Waals surface area contributed by atoms with E-state index in [1.165, 1.54) is 0 Å². The first-order valence-corrected chi connectivity index (χ1v) is 8.19. The fourth-order valence-corrected chi connectivity index (χ4v) is 2.06. The molecule has 3 amide bonds. The number of rotatable bonds is 8. The number of nitrogens with one attached hydrogen (secondary N) is 3. The first-order valence-electron chi connectivity index (χ1n) is 8.19. The topological polar surface area (TPSA) is 96.5 Å². The van der Waals surface area contributed by atoms with Crippen LogP contribution < -0.4 is 16.0 Å². The molecule has 0 bridgehead atoms. The van der Waals surface area contributed by atoms with Gasteiger partial charge in [0.25, 0.3) is 5.91 Å². The molecule has 0 aliphatic heterocycles. The summed E-state index contributed by atoms with van der Waals surface area (Å²) in [6.07, 6.45) is -0.665. The Labute approximate surface area is 151 Å². The van der Waals surface area contributed by atoms with E-state index in [9.17, 15) is 14.4 Å². The van der Waals surface area contributed by atoms with Crippen molar-refractivity contribution in [1.82, 2.24) is 16.0 Å². The molecule has 136 valence electrons. The quantitative estimate of drug-likeness (QED) is 0.625. The summed E-state index contributed by atoms with van der Waals surface area (Å²) in [7, 11) is 0. The molecule has 0 atom stereocenters. The SMILES string of the molecule is O=C(CNC(=O)OCc1ccccc1)NCCNC(=O)c1ccccc1. The van der Waals surface area contributed by atoms with Crippen molar-refractivity contribution in [3.05, 3.63) is 71.8 Å². The zero-order chi connectivity index (χ0) is 18.6. The average molecular weight is 355 g/mol. The number of alkyl carbamates (subject to hydrolysis) is 1. The van der Waals surface area contributed by atoms with E-state index in [2.05, 4.69) is 16.0 Å². The molecule has 0 aliphatic carbocycles. The lowest BCUT2D eigenvalue weighted by atomic mass is 10.2. The van der Waals surface area contributed by atoms with Gasteiger partial charge >= 0.3 is 6.09 Å². The molecule has 26 heavy (non-hydrogen) atoms. The maximum atomic E-state index is 11.8. The lowest BCUT2D eigenvalue weighted by molar-refractivity contribution is -0.120. The molecule has 3 N–H and O–H groups in total. The minimum Gasteiger partial charge on any atom is -0.445 e. The Bertz CT molecular complexity index is 720. The van der Waals surface area contributed by atoms with Crippen molar-refractivity contribution in [2.75, 3.05) is 19.6 Å². The molecule has 0 aliphatic rings. The van der Waals surface area contributed by atoms with E-state index >= 15 is 0 Å². The molecule has 2 aromatic rings. The molecule has 0 aromatic heterocycles. The first-order chi connectivity index (χ1) is 12.6. The normalized spacial score (nSPS) is 9.85. The summed E-state index contributed by atoms with van der Waals surface area (Å²) in [6.45, 7) is 0.496. The predicted octanol–water partition coefficient (Wildman–Crippen LogP) is 1.46. The Morgan fingerprint density at radius 2 is 1.38 bits per heavy atom. The van der Waals surface area contributed by atoms with Gasteiger partial charge in [-0.15, -0.1) is 0 Å². The van der Waals surface area contributed by atoms with Crippen LogP contribution >= 0.6 is 0 Å². The summed E-state index contributed by atoms with van der Waals surface area (Å²) in [5.74, 6) is -0.571. The number of hydrogen-bond acceptors (Lipinski definition) is 4. The third kappa shape index (κ3) is 7.04. The van der Waals surface area contributed by atoms with Gasteiger partial charge in [0.2, 0.25) is 5.91 Å². The van der Waals surface area contributed by atoms with Crippen molar-refractivity contribution in [1.29, 1.82) is 0 Å². The third-order valence-electron chi connectivity index (χ3n) is 3.37. The summed E-state index contributed by atoms with van der Waals surface area (Å²) >= 11 is 0. The highest BCUT2D eigenvalue weighted by molar-refractivity contribution is 5.94. The second-order valence-electron chi connectivity index (χ2n) is 5.39. The number of hydrogen-bond donors (Lipinski definition) is 3. The lowest BCUT2D eigenvalue weighted by Crippen LogP contribution is -2.40. The molecule has 2 aromatic carbocycles. The highest BCUT2D eigenvalue weighted by Crippen LogP contribution is 2.00. The van der Waals surface area contributed by atoms with Crippen LogP contribution in [-0.2, 0) is 16.1 Å². The summed E-state index contributed by atoms with van der Waals surface area (Å²) in [6, 6.07) is 18.0. The minimum atomic E-state index is -0.665. The van der Waals surface area contributed by atoms with Gasteiger partial charge < -0.3 is 20.7 Å². The van der Waals surface area contributed by atoms with Crippen molar-refractivity contribution in [3.8, 4) is 0 Å². The Morgan fingerprint density at radius 1 is 0.769 bits per heavy atom. The van der Waals surface area contributed by atoms with E-state index in [1.54, 1.807) is 24.3 Å². The highest BCUT2D eigenvalue weighted by atomic mass is 16.5. The van der Waals surface area contributed by atoms with Crippen LogP contribution in [0.15, 0.2) is 60.7 Å². The standard InChI is InChI=1S/C19H21N3O4/c23-17(13-22-19(25)26-14-15-7-3-1-4-8-15)20-11-12-21-18(24)16-9-5-2-6-10-16/h1-10H,11-14H2,(H,20,23)(H,21,24)(H,22,25). The van der Waals surface area contributed by atoms with E-state index in [0.717, 1.165) is 5.56 Å². The smallest absolute Gasteiger partial charge is 0.407 e. The summed E-state index contributed by atoms with van der Waals surface area (Å²) in [5, 5.41) is 7.65. The van der Waals surface area contributed by atoms with Crippen molar-refractivity contribution < 1.29 is 19.1 Å². The summed E-state index contributed by atoms with van der Waals surface area (Å²) < 4.78 is 5.00. The van der Waals surface area contributed by atoms with E-state index in [1.807, 2.05) is 36.4 Å². The van der Waals surface area contributed by atoms with Crippen LogP contribution in [0, 0.1) is 0 Å². The van der Waals surface area contributed by atoms with E-state index in [-0.39, 0.29) is 38.1 Å². The number of benzene rings is 2. The van der Waals surface area contributed by atoms with Gasteiger partial charge in [-0.2, -0.15) is 0 Å². The number of amides is 3. The van der Waals surface area contributed by atoms with Crippen LogP contribution in [0.25, 0.3) is 0 Å². The fraction of sp³-hybridized carbons (Fsp3) is 0.211. The van der Waals surface area contributed by atoms with Gasteiger partial charge in [0.1, 0.15) is 6.61 Å². The predicted molar refractivity (Wildman–Crippen MR) is 96.4 cm³/mol. The summed E-state index contributed by atoms with van der Waals surface area (Å²) in [4.78, 5) is 35.0. The van der Waals surface area contributed by atoms with E-state index in [4.69, 9.17) is 4.74 Å². The van der Waals surface area contributed by atoms with Crippen LogP contribution in [0.2, 0.25) is 0 Å². The van der Waals surface area contributed by atoms with Crippen molar-refractivity contribution >= 4 is 17.9 Å². The minimum absolute atomic E-state index is 0.139. The molecular formula is C19H21N3O4. The molecule has 0 saturated heterocycles. The third-order valence-corrected chi connectivity index (χ3v) is 3.37. The maximum Gasteiger partial charge on any atom is 0.407 e. The van der Waals surface area contributed by atoms with Gasteiger partial charge in [0, 0.05) is 18.7 Å². The van der Waals surface area contributed by atoms with Gasteiger partial charge in [-0.1, -0.05) is 48.5 Å². The first kappa shape index (κ1) is 19.0. The molecular weight excluding hydrogens is 334 g/mol. The lowest BCUT2D eigenvalue weighted by Gasteiger charge is -2.09. The Balaban J connectivity index is 1.54. The largest absolute Gasteiger partial charge is 0.445 e. The Hall–Kier alpha value is -3.35. The Morgan fingerprint density at radius 3 is 2.08 bits per heavy atom. The molecule has 0 radical (unpaired) electrons. The van der Waals surface area contributed by atoms with Gasteiger partial charge in [0.15, 0.2) is 0 Å². The van der Waals surface area contributed by atoms with Crippen molar-refractivity contribution in [3.63, 3.8) is 0 Å². The van der Waals surface area contributed by atoms with E-state index < -0.39 is 6.09 Å². The second kappa shape index (κ2) is 10.5. The fourth-order valence-electron chi connectivity index (χ4n) is 2.06. The van der Waals surface area contributed by atoms with Gasteiger partial charge in [-0.05, 0) is 17.7 Å². The number of carbonyl (C=O) groups is 3. The van der Waals surface area contributed by atoms with Gasteiger partial charge in [-0.25, -0.2) is 4.79 Å². The zero-order valence-corrected chi connectivity index (χ0v) is 14.2. The second-order valence-corrected chi connectivity index (χ2v) is 5.39. The van der Waals surface area contributed by atoms with Gasteiger partial charge in [-0.3, -0.25) is 9.59 Å². The van der Waals surface area contributed by atoms with Crippen LogP contribution in [0.4, 0.5) is 4.79 Å². The van der Waals surface area contributed by atoms with Crippen LogP contribution in [0.3, 0.4) is 0 Å². The van der Waals surface area contributed by atoms with Crippen molar-refractivity contribution in [2.45, 2.75) is 6.61 Å². The van der Waals surface area contributed by atoms with Crippen LogP contribution in [0.1, 0.15) is 15.9 Å². The highest BCUT2D eigenvalue weighted by Gasteiger charge is 2.07. The van der Waals surface area contributed by atoms with Crippen molar-refractivity contribution in [2.24, 2.45) is 0 Å². The molecule has 7 heteroatoms. The average Bonchev–Trinajstić information content (AvgIpc) is 2.69. The van der Waals surface area contributed by atoms with Crippen LogP contribution in [-0.4, -0.2) is 37.5 Å². The maximum absolute atomic E-state index is 11.8. The Kier molecular flexibility index (Phi) is 7.67. The molecule has 0 fully saturated rings. The molecule has 7 nitrogen and oxygen atoms in total. The molecule has 0 heterocycles. The molecule has 2 rings (SSSR count). The molecule has 0 saturated carbocycles. The molecule has 0 unspecified atom stereocenters. The molecule has 0 spiro atoms. The zero-order valence-electron chi connectivity index (χ0n) is 14.2. The van der Waals surface area contributed by atoms with E-state index in [0.29, 0.717) is 5.56 Å².